The Labute approximate surface area is 259 Å². The van der Waals surface area contributed by atoms with Gasteiger partial charge in [0.2, 0.25) is 0 Å². The zero-order valence-corrected chi connectivity index (χ0v) is 27.6. The van der Waals surface area contributed by atoms with Crippen molar-refractivity contribution in [1.29, 1.82) is 0 Å². The van der Waals surface area contributed by atoms with Crippen LogP contribution in [0, 0.1) is 11.8 Å². The summed E-state index contributed by atoms with van der Waals surface area (Å²) in [5, 5.41) is 2.28. The van der Waals surface area contributed by atoms with E-state index in [-0.39, 0.29) is 35.4 Å². The molecule has 3 aromatic rings. The second-order valence-electron chi connectivity index (χ2n) is 12.1. The summed E-state index contributed by atoms with van der Waals surface area (Å²) >= 11 is 0. The highest BCUT2D eigenvalue weighted by atomic mass is 28.4. The minimum Gasteiger partial charge on any atom is -0.497 e. The lowest BCUT2D eigenvalue weighted by Crippen LogP contribution is -2.67. The number of methoxy groups -OCH3 is 1. The fourth-order valence-corrected chi connectivity index (χ4v) is 10.0. The molecule has 0 saturated heterocycles. The summed E-state index contributed by atoms with van der Waals surface area (Å²) in [7, 11) is -1.08. The van der Waals surface area contributed by atoms with Gasteiger partial charge in [-0.25, -0.2) is 0 Å². The van der Waals surface area contributed by atoms with Crippen LogP contribution in [0.2, 0.25) is 5.04 Å². The van der Waals surface area contributed by atoms with Crippen LogP contribution in [0.25, 0.3) is 0 Å². The predicted molar refractivity (Wildman–Crippen MR) is 178 cm³/mol. The molecule has 5 nitrogen and oxygen atoms in total. The molecule has 0 heterocycles. The highest BCUT2D eigenvalue weighted by Gasteiger charge is 2.50. The first kappa shape index (κ1) is 34.0. The molecule has 0 aromatic heterocycles. The van der Waals surface area contributed by atoms with E-state index in [1.165, 1.54) is 10.4 Å². The number of benzene rings is 3. The van der Waals surface area contributed by atoms with E-state index in [0.717, 1.165) is 11.3 Å². The summed E-state index contributed by atoms with van der Waals surface area (Å²) in [5.74, 6) is 0.296. The number of hydrogen-bond donors (Lipinski definition) is 0. The van der Waals surface area contributed by atoms with Gasteiger partial charge in [-0.3, -0.25) is 4.79 Å². The lowest BCUT2D eigenvalue weighted by atomic mass is 10.0. The summed E-state index contributed by atoms with van der Waals surface area (Å²) in [4.78, 5) is 13.2. The Morgan fingerprint density at radius 2 is 1.42 bits per heavy atom. The third kappa shape index (κ3) is 8.79. The Kier molecular flexibility index (Phi) is 12.6. The standard InChI is InChI=1S/C37H48O5Si/c1-9-28(3)35(40-27-30-21-23-31(39-8)24-22-30)25-36(38)42-34(10-2)29(4)26-41-43(37(5,6)7,32-17-13-11-14-18-32)33-19-15-12-16-20-33/h9-24,28-29,34-35H,1-2,25-27H2,3-8H3/t28-,29+,34-,35+/m0/s1. The van der Waals surface area contributed by atoms with Gasteiger partial charge in [-0.05, 0) is 33.1 Å². The smallest absolute Gasteiger partial charge is 0.309 e. The Balaban J connectivity index is 1.72. The Morgan fingerprint density at radius 3 is 1.88 bits per heavy atom. The van der Waals surface area contributed by atoms with Crippen LogP contribution >= 0.6 is 0 Å². The van der Waals surface area contributed by atoms with Gasteiger partial charge in [-0.15, -0.1) is 6.58 Å². The SMILES string of the molecule is C=C[C@H](OC(=O)C[C@@H](OCc1ccc(OC)cc1)[C@@H](C)C=C)[C@H](C)CO[Si](c1ccccc1)(c1ccccc1)C(C)(C)C. The van der Waals surface area contributed by atoms with Gasteiger partial charge >= 0.3 is 5.97 Å². The highest BCUT2D eigenvalue weighted by Crippen LogP contribution is 2.37. The molecule has 0 aliphatic carbocycles. The summed E-state index contributed by atoms with van der Waals surface area (Å²) < 4.78 is 24.5. The molecule has 0 bridgehead atoms. The number of carbonyl (C=O) groups is 1. The Morgan fingerprint density at radius 1 is 0.860 bits per heavy atom. The largest absolute Gasteiger partial charge is 0.497 e. The van der Waals surface area contributed by atoms with Crippen molar-refractivity contribution in [2.24, 2.45) is 11.8 Å². The van der Waals surface area contributed by atoms with Crippen LogP contribution in [0.1, 0.15) is 46.6 Å². The first-order valence-electron chi connectivity index (χ1n) is 15.0. The van der Waals surface area contributed by atoms with Crippen LogP contribution in [0.3, 0.4) is 0 Å². The van der Waals surface area contributed by atoms with E-state index < -0.39 is 14.4 Å². The van der Waals surface area contributed by atoms with Crippen LogP contribution in [0.5, 0.6) is 5.75 Å². The Hall–Kier alpha value is -3.45. The van der Waals surface area contributed by atoms with Crippen molar-refractivity contribution in [3.63, 3.8) is 0 Å². The van der Waals surface area contributed by atoms with Crippen molar-refractivity contribution in [1.82, 2.24) is 0 Å². The average molecular weight is 601 g/mol. The zero-order valence-electron chi connectivity index (χ0n) is 26.6. The van der Waals surface area contributed by atoms with Gasteiger partial charge in [0.15, 0.2) is 0 Å². The molecule has 0 aliphatic rings. The van der Waals surface area contributed by atoms with E-state index in [1.807, 2.05) is 50.2 Å². The van der Waals surface area contributed by atoms with Crippen molar-refractivity contribution in [3.8, 4) is 5.75 Å². The highest BCUT2D eigenvalue weighted by molar-refractivity contribution is 6.99. The van der Waals surface area contributed by atoms with Gasteiger partial charge in [0.25, 0.3) is 8.32 Å². The maximum absolute atomic E-state index is 13.2. The van der Waals surface area contributed by atoms with Crippen LogP contribution in [0.15, 0.2) is 110 Å². The van der Waals surface area contributed by atoms with Crippen molar-refractivity contribution >= 4 is 24.7 Å². The molecule has 4 atom stereocenters. The maximum Gasteiger partial charge on any atom is 0.309 e. The molecule has 3 aromatic carbocycles. The molecule has 0 radical (unpaired) electrons. The van der Waals surface area contributed by atoms with E-state index in [4.69, 9.17) is 18.6 Å². The molecule has 6 heteroatoms. The van der Waals surface area contributed by atoms with Gasteiger partial charge in [-0.2, -0.15) is 0 Å². The Bertz CT molecular complexity index is 1240. The molecule has 0 aliphatic heterocycles. The van der Waals surface area contributed by atoms with Gasteiger partial charge in [0.05, 0.1) is 26.2 Å². The summed E-state index contributed by atoms with van der Waals surface area (Å²) in [6.45, 7) is 19.5. The van der Waals surface area contributed by atoms with E-state index >= 15 is 0 Å². The first-order chi connectivity index (χ1) is 20.5. The lowest BCUT2D eigenvalue weighted by Gasteiger charge is -2.43. The second kappa shape index (κ2) is 15.9. The van der Waals surface area contributed by atoms with Crippen molar-refractivity contribution in [3.05, 3.63) is 116 Å². The zero-order chi connectivity index (χ0) is 31.5. The molecule has 43 heavy (non-hydrogen) atoms. The van der Waals surface area contributed by atoms with Crippen LogP contribution < -0.4 is 15.1 Å². The molecule has 0 spiro atoms. The normalized spacial score (nSPS) is 14.7. The molecule has 0 fully saturated rings. The number of esters is 1. The average Bonchev–Trinajstić information content (AvgIpc) is 3.02. The van der Waals surface area contributed by atoms with Gasteiger partial charge < -0.3 is 18.6 Å². The van der Waals surface area contributed by atoms with E-state index in [2.05, 4.69) is 82.5 Å². The monoisotopic (exact) mass is 600 g/mol. The third-order valence-corrected chi connectivity index (χ3v) is 13.0. The lowest BCUT2D eigenvalue weighted by molar-refractivity contribution is -0.153. The van der Waals surface area contributed by atoms with Crippen LogP contribution in [-0.4, -0.2) is 40.2 Å². The molecular weight excluding hydrogens is 552 g/mol. The van der Waals surface area contributed by atoms with Crippen LogP contribution in [0.4, 0.5) is 0 Å². The van der Waals surface area contributed by atoms with E-state index in [1.54, 1.807) is 19.3 Å². The summed E-state index contributed by atoms with van der Waals surface area (Å²) in [5.41, 5.74) is 0.994. The maximum atomic E-state index is 13.2. The molecule has 3 rings (SSSR count). The molecule has 0 saturated carbocycles. The fourth-order valence-electron chi connectivity index (χ4n) is 5.35. The molecule has 0 unspecified atom stereocenters. The number of hydrogen-bond acceptors (Lipinski definition) is 5. The third-order valence-electron chi connectivity index (χ3n) is 7.99. The second-order valence-corrected chi connectivity index (χ2v) is 16.4. The predicted octanol–water partition coefficient (Wildman–Crippen LogP) is 7.10. The van der Waals surface area contributed by atoms with Crippen molar-refractivity contribution in [2.75, 3.05) is 13.7 Å². The number of rotatable bonds is 16. The molecule has 0 N–H and O–H groups in total. The first-order valence-corrected chi connectivity index (χ1v) is 16.9. The van der Waals surface area contributed by atoms with E-state index in [0.29, 0.717) is 13.2 Å². The molecule has 0 amide bonds. The quantitative estimate of drug-likeness (QED) is 0.0997. The number of carbonyl (C=O) groups excluding carboxylic acids is 1. The van der Waals surface area contributed by atoms with Gasteiger partial charge in [0, 0.05) is 18.4 Å². The van der Waals surface area contributed by atoms with Gasteiger partial charge in [-0.1, -0.05) is 126 Å². The van der Waals surface area contributed by atoms with Gasteiger partial charge in [0.1, 0.15) is 11.9 Å². The molecule has 230 valence electrons. The van der Waals surface area contributed by atoms with Crippen LogP contribution in [-0.2, 0) is 25.3 Å². The van der Waals surface area contributed by atoms with Crippen molar-refractivity contribution < 1.29 is 23.4 Å². The number of ether oxygens (including phenoxy) is 3. The summed E-state index contributed by atoms with van der Waals surface area (Å²) in [6, 6.07) is 28.7. The fraction of sp³-hybridized carbons (Fsp3) is 0.378. The van der Waals surface area contributed by atoms with E-state index in [9.17, 15) is 4.79 Å². The topological polar surface area (TPSA) is 54.0 Å². The minimum atomic E-state index is -2.72. The minimum absolute atomic E-state index is 0.0381. The van der Waals surface area contributed by atoms with Crippen molar-refractivity contribution in [2.45, 2.75) is 64.9 Å². The summed E-state index contributed by atoms with van der Waals surface area (Å²) in [6.07, 6.45) is 2.72. The molecular formula is C37H48O5Si.